The Balaban J connectivity index is 1.90. The number of nitrogens with zero attached hydrogens (tertiary/aromatic N) is 4. The van der Waals surface area contributed by atoms with Crippen LogP contribution in [0.3, 0.4) is 0 Å². The maximum Gasteiger partial charge on any atom is 0.228 e. The minimum atomic E-state index is -0.445. The molecule has 1 heterocycles. The number of benzene rings is 1. The molecule has 2 aromatic rings. The van der Waals surface area contributed by atoms with Crippen molar-refractivity contribution in [1.82, 2.24) is 20.2 Å². The zero-order chi connectivity index (χ0) is 15.7. The van der Waals surface area contributed by atoms with Crippen LogP contribution in [0.4, 0.5) is 10.1 Å². The van der Waals surface area contributed by atoms with E-state index in [2.05, 4.69) is 20.8 Å². The molecule has 0 bridgehead atoms. The quantitative estimate of drug-likeness (QED) is 0.865. The van der Waals surface area contributed by atoms with E-state index in [0.717, 1.165) is 12.8 Å². The molecule has 1 fully saturated rings. The molecule has 1 unspecified atom stereocenters. The summed E-state index contributed by atoms with van der Waals surface area (Å²) in [6.07, 6.45) is 2.01. The smallest absolute Gasteiger partial charge is 0.228 e. The highest BCUT2D eigenvalue weighted by atomic mass is 19.1. The molecule has 1 amide bonds. The molecule has 0 aliphatic heterocycles. The van der Waals surface area contributed by atoms with Gasteiger partial charge in [-0.1, -0.05) is 6.92 Å². The number of tetrazole rings is 1. The first-order valence-electron chi connectivity index (χ1n) is 7.19. The van der Waals surface area contributed by atoms with E-state index in [-0.39, 0.29) is 30.0 Å². The Morgan fingerprint density at radius 1 is 1.55 bits per heavy atom. The van der Waals surface area contributed by atoms with Gasteiger partial charge in [0.25, 0.3) is 0 Å². The highest BCUT2D eigenvalue weighted by molar-refractivity contribution is 5.92. The maximum atomic E-state index is 14.1. The van der Waals surface area contributed by atoms with Crippen molar-refractivity contribution in [3.05, 3.63) is 29.8 Å². The lowest BCUT2D eigenvalue weighted by Crippen LogP contribution is -2.26. The monoisotopic (exact) mass is 304 g/mol. The van der Waals surface area contributed by atoms with Crippen LogP contribution in [0.2, 0.25) is 0 Å². The minimum absolute atomic E-state index is 0.209. The third-order valence-corrected chi connectivity index (χ3v) is 3.68. The van der Waals surface area contributed by atoms with Crippen molar-refractivity contribution >= 4 is 11.6 Å². The van der Waals surface area contributed by atoms with E-state index in [1.807, 2.05) is 0 Å². The number of nitrogens with two attached hydrogens (primary N) is 1. The number of anilines is 1. The van der Waals surface area contributed by atoms with Gasteiger partial charge in [-0.3, -0.25) is 4.79 Å². The second-order valence-corrected chi connectivity index (χ2v) is 5.52. The summed E-state index contributed by atoms with van der Waals surface area (Å²) in [5, 5.41) is 14.2. The number of hydrogen-bond donors (Lipinski definition) is 2. The number of carbonyl (C=O) groups excluding carboxylic acids is 1. The predicted molar refractivity (Wildman–Crippen MR) is 77.9 cm³/mol. The molecule has 0 spiro atoms. The summed E-state index contributed by atoms with van der Waals surface area (Å²) < 4.78 is 15.5. The van der Waals surface area contributed by atoms with E-state index in [1.165, 1.54) is 22.9 Å². The van der Waals surface area contributed by atoms with E-state index in [0.29, 0.717) is 11.5 Å². The van der Waals surface area contributed by atoms with Gasteiger partial charge in [-0.15, -0.1) is 5.10 Å². The third-order valence-electron chi connectivity index (χ3n) is 3.68. The van der Waals surface area contributed by atoms with Crippen LogP contribution in [-0.2, 0) is 4.79 Å². The molecule has 0 saturated heterocycles. The molecule has 7 nitrogen and oxygen atoms in total. The molecule has 1 aromatic heterocycles. The predicted octanol–water partition coefficient (Wildman–Crippen LogP) is 1.21. The first kappa shape index (κ1) is 14.6. The Hall–Kier alpha value is -2.35. The molecule has 3 N–H and O–H groups in total. The fourth-order valence-corrected chi connectivity index (χ4v) is 2.09. The Bertz CT molecular complexity index is 696. The van der Waals surface area contributed by atoms with Gasteiger partial charge in [-0.2, -0.15) is 4.68 Å². The van der Waals surface area contributed by atoms with Crippen LogP contribution >= 0.6 is 0 Å². The zero-order valence-corrected chi connectivity index (χ0v) is 12.2. The first-order chi connectivity index (χ1) is 10.6. The summed E-state index contributed by atoms with van der Waals surface area (Å²) in [6, 6.07) is 4.32. The summed E-state index contributed by atoms with van der Waals surface area (Å²) in [6.45, 7) is 1.98. The second kappa shape index (κ2) is 5.80. The van der Waals surface area contributed by atoms with E-state index in [1.54, 1.807) is 6.92 Å². The number of nitrogens with one attached hydrogen (secondary N) is 1. The topological polar surface area (TPSA) is 98.7 Å². The Morgan fingerprint density at radius 3 is 3.00 bits per heavy atom. The maximum absolute atomic E-state index is 14.1. The summed E-state index contributed by atoms with van der Waals surface area (Å²) in [4.78, 5) is 11.9. The Morgan fingerprint density at radius 2 is 2.32 bits per heavy atom. The third kappa shape index (κ3) is 2.82. The lowest BCUT2D eigenvalue weighted by Gasteiger charge is -2.12. The molecule has 22 heavy (non-hydrogen) atoms. The number of carbonyl (C=O) groups is 1. The molecule has 1 saturated carbocycles. The zero-order valence-electron chi connectivity index (χ0n) is 12.2. The highest BCUT2D eigenvalue weighted by Crippen LogP contribution is 2.39. The molecule has 1 aliphatic rings. The summed E-state index contributed by atoms with van der Waals surface area (Å²) >= 11 is 0. The van der Waals surface area contributed by atoms with E-state index < -0.39 is 5.82 Å². The van der Waals surface area contributed by atoms with E-state index in [9.17, 15) is 9.18 Å². The van der Waals surface area contributed by atoms with E-state index >= 15 is 0 Å². The number of amides is 1. The molecular weight excluding hydrogens is 287 g/mol. The highest BCUT2D eigenvalue weighted by Gasteiger charge is 2.30. The molecular formula is C14H17FN6O. The van der Waals surface area contributed by atoms with Crippen LogP contribution in [0.15, 0.2) is 18.2 Å². The van der Waals surface area contributed by atoms with Gasteiger partial charge < -0.3 is 11.1 Å². The molecule has 3 rings (SSSR count). The fourth-order valence-electron chi connectivity index (χ4n) is 2.09. The van der Waals surface area contributed by atoms with Crippen molar-refractivity contribution in [3.8, 4) is 5.69 Å². The largest absolute Gasteiger partial charge is 0.330 e. The second-order valence-electron chi connectivity index (χ2n) is 5.52. The van der Waals surface area contributed by atoms with Gasteiger partial charge in [0, 0.05) is 24.1 Å². The molecule has 0 radical (unpaired) electrons. The van der Waals surface area contributed by atoms with Crippen molar-refractivity contribution in [2.45, 2.75) is 25.7 Å². The van der Waals surface area contributed by atoms with Crippen LogP contribution < -0.4 is 11.1 Å². The van der Waals surface area contributed by atoms with Crippen LogP contribution in [0, 0.1) is 11.7 Å². The standard InChI is InChI=1S/C14H17FN6O/c1-8(7-16)14(22)17-10-4-5-11(15)12(6-10)21-13(9-2-3-9)18-19-20-21/h4-6,8-9H,2-3,7,16H2,1H3,(H,17,22). The summed E-state index contributed by atoms with van der Waals surface area (Å²) in [5.74, 6) is -0.0376. The lowest BCUT2D eigenvalue weighted by atomic mass is 10.1. The van der Waals surface area contributed by atoms with Crippen molar-refractivity contribution in [3.63, 3.8) is 0 Å². The normalized spacial score (nSPS) is 15.6. The first-order valence-corrected chi connectivity index (χ1v) is 7.19. The Labute approximate surface area is 126 Å². The Kier molecular flexibility index (Phi) is 3.84. The lowest BCUT2D eigenvalue weighted by molar-refractivity contribution is -0.119. The minimum Gasteiger partial charge on any atom is -0.330 e. The molecule has 8 heteroatoms. The molecule has 116 valence electrons. The number of aromatic nitrogens is 4. The van der Waals surface area contributed by atoms with E-state index in [4.69, 9.17) is 5.73 Å². The van der Waals surface area contributed by atoms with Crippen molar-refractivity contribution in [1.29, 1.82) is 0 Å². The van der Waals surface area contributed by atoms with Gasteiger partial charge in [-0.05, 0) is 41.5 Å². The number of rotatable bonds is 5. The van der Waals surface area contributed by atoms with Crippen LogP contribution in [0.5, 0.6) is 0 Å². The molecule has 1 atom stereocenters. The number of hydrogen-bond acceptors (Lipinski definition) is 5. The molecule has 1 aliphatic carbocycles. The van der Waals surface area contributed by atoms with Gasteiger partial charge >= 0.3 is 0 Å². The van der Waals surface area contributed by atoms with Crippen molar-refractivity contribution in [2.75, 3.05) is 11.9 Å². The molecule has 1 aromatic carbocycles. The van der Waals surface area contributed by atoms with Gasteiger partial charge in [0.1, 0.15) is 11.5 Å². The van der Waals surface area contributed by atoms with Crippen LogP contribution in [0.25, 0.3) is 5.69 Å². The average Bonchev–Trinajstić information content (AvgIpc) is 3.25. The summed E-state index contributed by atoms with van der Waals surface area (Å²) in [7, 11) is 0. The average molecular weight is 304 g/mol. The van der Waals surface area contributed by atoms with Gasteiger partial charge in [-0.25, -0.2) is 4.39 Å². The summed E-state index contributed by atoms with van der Waals surface area (Å²) in [5.41, 5.74) is 6.18. The van der Waals surface area contributed by atoms with Gasteiger partial charge in [0.15, 0.2) is 5.82 Å². The van der Waals surface area contributed by atoms with Crippen LogP contribution in [0.1, 0.15) is 31.5 Å². The van der Waals surface area contributed by atoms with Gasteiger partial charge in [0.2, 0.25) is 5.91 Å². The van der Waals surface area contributed by atoms with Gasteiger partial charge in [0.05, 0.1) is 0 Å². The van der Waals surface area contributed by atoms with Crippen molar-refractivity contribution in [2.24, 2.45) is 11.7 Å². The SMILES string of the molecule is CC(CN)C(=O)Nc1ccc(F)c(-n2nnnc2C2CC2)c1. The van der Waals surface area contributed by atoms with Crippen LogP contribution in [-0.4, -0.2) is 32.7 Å². The number of halogens is 1. The van der Waals surface area contributed by atoms with Crippen molar-refractivity contribution < 1.29 is 9.18 Å². The fraction of sp³-hybridized carbons (Fsp3) is 0.429.